The van der Waals surface area contributed by atoms with Crippen molar-refractivity contribution in [3.63, 3.8) is 0 Å². The molecule has 2 aliphatic carbocycles. The number of carbonyl (C=O) groups excluding carboxylic acids is 1. The van der Waals surface area contributed by atoms with Gasteiger partial charge >= 0.3 is 0 Å². The fraction of sp³-hybridized carbons (Fsp3) is 0.588. The number of rotatable bonds is 3. The number of nitrogens with one attached hydrogen (secondary N) is 1. The van der Waals surface area contributed by atoms with E-state index in [2.05, 4.69) is 4.72 Å². The SMILES string of the molecule is Cc1ccc(S(=O)(=O)N[C@H]2CCCC[C@]23CCCC3=O)cc1. The number of hydrogen-bond donors (Lipinski definition) is 1. The molecule has 0 heterocycles. The van der Waals surface area contributed by atoms with Crippen molar-refractivity contribution in [2.45, 2.75) is 62.8 Å². The second-order valence-corrected chi connectivity index (χ2v) is 8.38. The van der Waals surface area contributed by atoms with Crippen LogP contribution in [0.15, 0.2) is 29.2 Å². The first-order valence-electron chi connectivity index (χ1n) is 8.06. The second-order valence-electron chi connectivity index (χ2n) is 6.67. The highest BCUT2D eigenvalue weighted by molar-refractivity contribution is 7.89. The number of hydrogen-bond acceptors (Lipinski definition) is 3. The summed E-state index contributed by atoms with van der Waals surface area (Å²) < 4.78 is 28.1. The topological polar surface area (TPSA) is 63.2 Å². The molecule has 4 nitrogen and oxygen atoms in total. The average molecular weight is 321 g/mol. The Morgan fingerprint density at radius 1 is 1.09 bits per heavy atom. The molecular weight excluding hydrogens is 298 g/mol. The average Bonchev–Trinajstić information content (AvgIpc) is 2.84. The summed E-state index contributed by atoms with van der Waals surface area (Å²) in [5, 5.41) is 0. The van der Waals surface area contributed by atoms with Crippen molar-refractivity contribution in [3.8, 4) is 0 Å². The van der Waals surface area contributed by atoms with E-state index >= 15 is 0 Å². The third-order valence-corrected chi connectivity index (χ3v) is 6.73. The van der Waals surface area contributed by atoms with Crippen LogP contribution in [0.4, 0.5) is 0 Å². The first-order chi connectivity index (χ1) is 10.4. The Morgan fingerprint density at radius 2 is 1.77 bits per heavy atom. The number of carbonyl (C=O) groups is 1. The number of sulfonamides is 1. The van der Waals surface area contributed by atoms with Gasteiger partial charge in [0.25, 0.3) is 0 Å². The van der Waals surface area contributed by atoms with E-state index in [0.717, 1.165) is 44.1 Å². The molecule has 1 aromatic rings. The summed E-state index contributed by atoms with van der Waals surface area (Å²) in [5.74, 6) is 0.254. The molecule has 0 unspecified atom stereocenters. The Morgan fingerprint density at radius 3 is 2.41 bits per heavy atom. The summed E-state index contributed by atoms with van der Waals surface area (Å²) in [4.78, 5) is 12.7. The summed E-state index contributed by atoms with van der Waals surface area (Å²) in [5.41, 5.74) is 0.579. The van der Waals surface area contributed by atoms with Crippen molar-refractivity contribution in [1.29, 1.82) is 0 Å². The van der Waals surface area contributed by atoms with Crippen LogP contribution in [0.2, 0.25) is 0 Å². The molecule has 2 aliphatic rings. The lowest BCUT2D eigenvalue weighted by molar-refractivity contribution is -0.128. The lowest BCUT2D eigenvalue weighted by Gasteiger charge is -2.40. The molecule has 0 radical (unpaired) electrons. The van der Waals surface area contributed by atoms with Gasteiger partial charge in [0.05, 0.1) is 4.90 Å². The molecule has 1 aromatic carbocycles. The zero-order valence-electron chi connectivity index (χ0n) is 13.0. The minimum absolute atomic E-state index is 0.248. The number of ketones is 1. The first kappa shape index (κ1) is 15.7. The molecule has 2 fully saturated rings. The van der Waals surface area contributed by atoms with Crippen molar-refractivity contribution in [1.82, 2.24) is 4.72 Å². The fourth-order valence-corrected chi connectivity index (χ4v) is 5.32. The van der Waals surface area contributed by atoms with Crippen molar-refractivity contribution >= 4 is 15.8 Å². The lowest BCUT2D eigenvalue weighted by atomic mass is 9.69. The van der Waals surface area contributed by atoms with Gasteiger partial charge in [-0.3, -0.25) is 4.79 Å². The summed E-state index contributed by atoms with van der Waals surface area (Å²) in [6.07, 6.45) is 5.91. The second kappa shape index (κ2) is 5.78. The van der Waals surface area contributed by atoms with Gasteiger partial charge in [-0.25, -0.2) is 13.1 Å². The molecule has 2 saturated carbocycles. The molecule has 0 saturated heterocycles. The van der Waals surface area contributed by atoms with Crippen LogP contribution < -0.4 is 4.72 Å². The van der Waals surface area contributed by atoms with E-state index in [-0.39, 0.29) is 16.7 Å². The van der Waals surface area contributed by atoms with Gasteiger partial charge in [-0.2, -0.15) is 0 Å². The maximum atomic E-state index is 12.6. The number of Topliss-reactive ketones (excluding diaryl/α,β-unsaturated/α-hetero) is 1. The summed E-state index contributed by atoms with van der Waals surface area (Å²) in [6, 6.07) is 6.60. The van der Waals surface area contributed by atoms with Gasteiger partial charge in [-0.05, 0) is 44.7 Å². The molecule has 0 aromatic heterocycles. The van der Waals surface area contributed by atoms with E-state index in [1.54, 1.807) is 24.3 Å². The van der Waals surface area contributed by atoms with Gasteiger partial charge in [0.15, 0.2) is 0 Å². The van der Waals surface area contributed by atoms with Crippen LogP contribution in [0.5, 0.6) is 0 Å². The molecule has 0 aliphatic heterocycles. The maximum Gasteiger partial charge on any atom is 0.240 e. The largest absolute Gasteiger partial charge is 0.299 e. The quantitative estimate of drug-likeness (QED) is 0.931. The Labute approximate surface area is 132 Å². The van der Waals surface area contributed by atoms with Crippen molar-refractivity contribution in [3.05, 3.63) is 29.8 Å². The molecule has 0 bridgehead atoms. The summed E-state index contributed by atoms with van der Waals surface area (Å²) >= 11 is 0. The van der Waals surface area contributed by atoms with Gasteiger partial charge in [0.2, 0.25) is 10.0 Å². The number of aryl methyl sites for hydroxylation is 1. The van der Waals surface area contributed by atoms with Crippen LogP contribution >= 0.6 is 0 Å². The lowest BCUT2D eigenvalue weighted by Crippen LogP contribution is -2.51. The summed E-state index contributed by atoms with van der Waals surface area (Å²) in [6.45, 7) is 1.93. The first-order valence-corrected chi connectivity index (χ1v) is 9.55. The standard InChI is InChI=1S/C17H23NO3S/c1-13-7-9-14(10-8-13)22(20,21)18-15-5-2-3-11-17(15)12-4-6-16(17)19/h7-10,15,18H,2-6,11-12H2,1H3/t15-,17-/m0/s1. The van der Waals surface area contributed by atoms with Crippen molar-refractivity contribution in [2.24, 2.45) is 5.41 Å². The predicted molar refractivity (Wildman–Crippen MR) is 85.0 cm³/mol. The van der Waals surface area contributed by atoms with Crippen molar-refractivity contribution < 1.29 is 13.2 Å². The minimum Gasteiger partial charge on any atom is -0.299 e. The Bertz CT molecular complexity index is 666. The molecule has 22 heavy (non-hydrogen) atoms. The normalized spacial score (nSPS) is 29.1. The molecule has 1 N–H and O–H groups in total. The third-order valence-electron chi connectivity index (χ3n) is 5.24. The molecular formula is C17H23NO3S. The maximum absolute atomic E-state index is 12.6. The molecule has 0 amide bonds. The van der Waals surface area contributed by atoms with Gasteiger partial charge in [-0.1, -0.05) is 30.5 Å². The van der Waals surface area contributed by atoms with Gasteiger partial charge in [-0.15, -0.1) is 0 Å². The van der Waals surface area contributed by atoms with Crippen LogP contribution in [-0.4, -0.2) is 20.2 Å². The minimum atomic E-state index is -3.57. The third kappa shape index (κ3) is 2.72. The monoisotopic (exact) mass is 321 g/mol. The molecule has 5 heteroatoms. The molecule has 120 valence electrons. The van der Waals surface area contributed by atoms with Crippen LogP contribution in [0, 0.1) is 12.3 Å². The van der Waals surface area contributed by atoms with Crippen molar-refractivity contribution in [2.75, 3.05) is 0 Å². The van der Waals surface area contributed by atoms with E-state index < -0.39 is 15.4 Å². The zero-order valence-corrected chi connectivity index (χ0v) is 13.8. The predicted octanol–water partition coefficient (Wildman–Crippen LogP) is 2.96. The molecule has 2 atom stereocenters. The summed E-state index contributed by atoms with van der Waals surface area (Å²) in [7, 11) is -3.57. The van der Waals surface area contributed by atoms with E-state index in [4.69, 9.17) is 0 Å². The van der Waals surface area contributed by atoms with E-state index in [1.165, 1.54) is 0 Å². The Hall–Kier alpha value is -1.20. The van der Waals surface area contributed by atoms with Gasteiger partial charge < -0.3 is 0 Å². The van der Waals surface area contributed by atoms with Crippen LogP contribution in [0.25, 0.3) is 0 Å². The zero-order chi connectivity index (χ0) is 15.8. The fourth-order valence-electron chi connectivity index (χ4n) is 3.97. The highest BCUT2D eigenvalue weighted by Gasteiger charge is 2.50. The van der Waals surface area contributed by atoms with E-state index in [0.29, 0.717) is 6.42 Å². The van der Waals surface area contributed by atoms with Crippen LogP contribution in [0.3, 0.4) is 0 Å². The molecule has 1 spiro atoms. The Kier molecular flexibility index (Phi) is 4.12. The highest BCUT2D eigenvalue weighted by atomic mass is 32.2. The Balaban J connectivity index is 1.87. The van der Waals surface area contributed by atoms with Gasteiger partial charge in [0.1, 0.15) is 5.78 Å². The molecule has 3 rings (SSSR count). The van der Waals surface area contributed by atoms with E-state index in [1.807, 2.05) is 6.92 Å². The smallest absolute Gasteiger partial charge is 0.240 e. The number of benzene rings is 1. The van der Waals surface area contributed by atoms with Crippen LogP contribution in [0.1, 0.15) is 50.5 Å². The van der Waals surface area contributed by atoms with Crippen LogP contribution in [-0.2, 0) is 14.8 Å². The highest BCUT2D eigenvalue weighted by Crippen LogP contribution is 2.47. The van der Waals surface area contributed by atoms with E-state index in [9.17, 15) is 13.2 Å². The van der Waals surface area contributed by atoms with Gasteiger partial charge in [0, 0.05) is 17.9 Å².